The highest BCUT2D eigenvalue weighted by Gasteiger charge is 2.18. The fourth-order valence-corrected chi connectivity index (χ4v) is 2.38. The van der Waals surface area contributed by atoms with Gasteiger partial charge in [0.05, 0.1) is 5.69 Å². The van der Waals surface area contributed by atoms with Crippen LogP contribution >= 0.6 is 0 Å². The van der Waals surface area contributed by atoms with Gasteiger partial charge < -0.3 is 5.11 Å². The first-order valence-corrected chi connectivity index (χ1v) is 8.92. The van der Waals surface area contributed by atoms with Crippen molar-refractivity contribution in [2.75, 3.05) is 0 Å². The van der Waals surface area contributed by atoms with Gasteiger partial charge >= 0.3 is 5.97 Å². The van der Waals surface area contributed by atoms with Crippen molar-refractivity contribution in [2.45, 2.75) is 39.2 Å². The van der Waals surface area contributed by atoms with E-state index in [1.165, 1.54) is 22.4 Å². The van der Waals surface area contributed by atoms with Gasteiger partial charge in [0.25, 0.3) is 0 Å². The Bertz CT molecular complexity index is 847. The molecule has 5 heteroatoms. The molecule has 0 radical (unpaired) electrons. The Kier molecular flexibility index (Phi) is 8.32. The number of nitrogens with zero attached hydrogens (tertiary/aromatic N) is 2. The number of aromatic nitrogens is 2. The molecule has 0 saturated carbocycles. The summed E-state index contributed by atoms with van der Waals surface area (Å²) in [5.74, 6) is -1.24. The molecule has 0 atom stereocenters. The number of allylic oxidation sites excluding steroid dienone is 3. The number of carbonyl (C=O) groups excluding carboxylic acids is 1. The van der Waals surface area contributed by atoms with Crippen molar-refractivity contribution in [1.82, 2.24) is 9.78 Å². The van der Waals surface area contributed by atoms with Crippen LogP contribution in [0.15, 0.2) is 68.3 Å². The Morgan fingerprint density at radius 3 is 2.11 bits per heavy atom. The van der Waals surface area contributed by atoms with Crippen LogP contribution in [-0.2, 0) is 16.8 Å². The number of carboxylic acids is 1. The Morgan fingerprint density at radius 1 is 1.11 bits per heavy atom. The number of ketones is 1. The normalized spacial score (nSPS) is 10.4. The van der Waals surface area contributed by atoms with E-state index in [1.807, 2.05) is 24.3 Å². The number of aromatic carboxylic acids is 1. The molecule has 2 rings (SSSR count). The number of carbonyl (C=O) groups is 2. The third-order valence-corrected chi connectivity index (χ3v) is 3.91. The molecule has 28 heavy (non-hydrogen) atoms. The average Bonchev–Trinajstić information content (AvgIpc) is 3.05. The summed E-state index contributed by atoms with van der Waals surface area (Å²) < 4.78 is 1.24. The van der Waals surface area contributed by atoms with Gasteiger partial charge in [0, 0.05) is 12.0 Å². The van der Waals surface area contributed by atoms with Crippen LogP contribution in [0.5, 0.6) is 0 Å². The summed E-state index contributed by atoms with van der Waals surface area (Å²) in [5, 5.41) is 13.6. The van der Waals surface area contributed by atoms with E-state index in [4.69, 9.17) is 0 Å². The summed E-state index contributed by atoms with van der Waals surface area (Å²) >= 11 is 0. The van der Waals surface area contributed by atoms with E-state index in [0.29, 0.717) is 5.69 Å². The number of carboxylic acid groups (broad SMARTS) is 1. The van der Waals surface area contributed by atoms with Crippen LogP contribution in [0.1, 0.15) is 43.2 Å². The summed E-state index contributed by atoms with van der Waals surface area (Å²) in [4.78, 5) is 23.2. The molecule has 0 amide bonds. The van der Waals surface area contributed by atoms with Crippen LogP contribution in [0.25, 0.3) is 11.3 Å². The first kappa shape index (κ1) is 22.8. The van der Waals surface area contributed by atoms with Crippen molar-refractivity contribution in [1.29, 1.82) is 0 Å². The molecule has 0 bridgehead atoms. The van der Waals surface area contributed by atoms with E-state index < -0.39 is 5.97 Å². The van der Waals surface area contributed by atoms with Gasteiger partial charge in [-0.25, -0.2) is 4.79 Å². The third-order valence-electron chi connectivity index (χ3n) is 3.91. The van der Waals surface area contributed by atoms with E-state index in [9.17, 15) is 14.7 Å². The highest BCUT2D eigenvalue weighted by atomic mass is 16.4. The Labute approximate surface area is 166 Å². The highest BCUT2D eigenvalue weighted by Crippen LogP contribution is 2.26. The molecule has 1 heterocycles. The number of hydrogen-bond donors (Lipinski definition) is 1. The molecule has 5 nitrogen and oxygen atoms in total. The lowest BCUT2D eigenvalue weighted by atomic mass is 9.86. The van der Waals surface area contributed by atoms with Gasteiger partial charge in [0.15, 0.2) is 5.78 Å². The molecule has 0 fully saturated rings. The number of Topliss-reactive ketones (excluding diaryl/α,β-unsaturated/α-hetero) is 1. The van der Waals surface area contributed by atoms with Crippen molar-refractivity contribution in [3.63, 3.8) is 0 Å². The average molecular weight is 380 g/mol. The lowest BCUT2D eigenvalue weighted by Gasteiger charge is -2.18. The zero-order valence-electron chi connectivity index (χ0n) is 16.8. The molecule has 0 unspecified atom stereocenters. The summed E-state index contributed by atoms with van der Waals surface area (Å²) in [5.41, 5.74) is 2.59. The Balaban J connectivity index is 0.000000892. The van der Waals surface area contributed by atoms with Crippen molar-refractivity contribution >= 4 is 11.8 Å². The summed E-state index contributed by atoms with van der Waals surface area (Å²) in [7, 11) is 0. The van der Waals surface area contributed by atoms with Crippen molar-refractivity contribution in [2.24, 2.45) is 0 Å². The van der Waals surface area contributed by atoms with E-state index in [2.05, 4.69) is 45.6 Å². The maximum atomic E-state index is 11.8. The van der Waals surface area contributed by atoms with Crippen molar-refractivity contribution in [3.8, 4) is 11.3 Å². The van der Waals surface area contributed by atoms with Crippen LogP contribution in [0.2, 0.25) is 0 Å². The molecular weight excluding hydrogens is 352 g/mol. The minimum absolute atomic E-state index is 0.00214. The fraction of sp³-hybridized carbons (Fsp3) is 0.261. The largest absolute Gasteiger partial charge is 0.477 e. The summed E-state index contributed by atoms with van der Waals surface area (Å²) in [6, 6.07) is 9.36. The van der Waals surface area contributed by atoms with Crippen molar-refractivity contribution in [3.05, 3.63) is 79.6 Å². The SMILES string of the molecule is C=CC=C.C=CCC(=O)Cn1nc(-c2ccc(C(C)(C)C)cc2)cc1C(=O)O. The summed E-state index contributed by atoms with van der Waals surface area (Å²) in [6.07, 6.45) is 4.97. The fourth-order valence-electron chi connectivity index (χ4n) is 2.38. The second kappa shape index (κ2) is 10.2. The maximum Gasteiger partial charge on any atom is 0.354 e. The lowest BCUT2D eigenvalue weighted by molar-refractivity contribution is -0.119. The lowest BCUT2D eigenvalue weighted by Crippen LogP contribution is -2.16. The quantitative estimate of drug-likeness (QED) is 0.539. The van der Waals surface area contributed by atoms with E-state index in [1.54, 1.807) is 12.2 Å². The number of rotatable bonds is 7. The van der Waals surface area contributed by atoms with Crippen LogP contribution in [0.3, 0.4) is 0 Å². The minimum atomic E-state index is -1.11. The van der Waals surface area contributed by atoms with Gasteiger partial charge in [-0.05, 0) is 17.0 Å². The Morgan fingerprint density at radius 2 is 1.68 bits per heavy atom. The predicted octanol–water partition coefficient (Wildman–Crippen LogP) is 5.05. The molecule has 1 N–H and O–H groups in total. The maximum absolute atomic E-state index is 11.8. The Hall–Kier alpha value is -3.21. The topological polar surface area (TPSA) is 72.2 Å². The molecule has 0 aliphatic carbocycles. The zero-order chi connectivity index (χ0) is 21.3. The minimum Gasteiger partial charge on any atom is -0.477 e. The van der Waals surface area contributed by atoms with Gasteiger partial charge in [-0.2, -0.15) is 5.10 Å². The van der Waals surface area contributed by atoms with Gasteiger partial charge in [-0.15, -0.1) is 6.58 Å². The first-order valence-electron chi connectivity index (χ1n) is 8.92. The molecular formula is C23H28N2O3. The van der Waals surface area contributed by atoms with E-state index in [-0.39, 0.29) is 29.9 Å². The standard InChI is InChI=1S/C19H22N2O3.C4H6/c1-5-6-15(22)12-21-17(18(23)24)11-16(20-21)13-7-9-14(10-8-13)19(2,3)4;1-3-4-2/h5,7-11H,1,6,12H2,2-4H3,(H,23,24);3-4H,1-2H2. The van der Waals surface area contributed by atoms with E-state index >= 15 is 0 Å². The molecule has 1 aromatic carbocycles. The number of hydrogen-bond acceptors (Lipinski definition) is 3. The smallest absolute Gasteiger partial charge is 0.354 e. The zero-order valence-corrected chi connectivity index (χ0v) is 16.8. The van der Waals surface area contributed by atoms with Gasteiger partial charge in [0.2, 0.25) is 0 Å². The number of benzene rings is 1. The first-order chi connectivity index (χ1) is 13.1. The van der Waals surface area contributed by atoms with Gasteiger partial charge in [-0.1, -0.05) is 76.4 Å². The monoisotopic (exact) mass is 380 g/mol. The molecule has 0 saturated heterocycles. The van der Waals surface area contributed by atoms with Crippen LogP contribution in [-0.4, -0.2) is 26.6 Å². The van der Waals surface area contributed by atoms with Crippen LogP contribution in [0.4, 0.5) is 0 Å². The molecule has 0 aliphatic heterocycles. The molecule has 148 valence electrons. The molecule has 1 aromatic heterocycles. The molecule has 0 spiro atoms. The highest BCUT2D eigenvalue weighted by molar-refractivity contribution is 5.88. The van der Waals surface area contributed by atoms with Crippen LogP contribution in [0, 0.1) is 0 Å². The van der Waals surface area contributed by atoms with Gasteiger partial charge in [0.1, 0.15) is 12.2 Å². The summed E-state index contributed by atoms with van der Waals surface area (Å²) in [6.45, 7) is 16.5. The molecule has 2 aromatic rings. The third kappa shape index (κ3) is 6.50. The second-order valence-corrected chi connectivity index (χ2v) is 7.21. The second-order valence-electron chi connectivity index (χ2n) is 7.21. The van der Waals surface area contributed by atoms with Gasteiger partial charge in [-0.3, -0.25) is 9.48 Å². The van der Waals surface area contributed by atoms with Crippen LogP contribution < -0.4 is 0 Å². The van der Waals surface area contributed by atoms with E-state index in [0.717, 1.165) is 5.56 Å². The predicted molar refractivity (Wildman–Crippen MR) is 114 cm³/mol. The van der Waals surface area contributed by atoms with Crippen molar-refractivity contribution < 1.29 is 14.7 Å². The molecule has 0 aliphatic rings.